The molecule has 0 atom stereocenters. The fourth-order valence-corrected chi connectivity index (χ4v) is 3.34. The van der Waals surface area contributed by atoms with E-state index in [1.54, 1.807) is 31.3 Å². The SMILES string of the molecule is CN=C(NCc1nc(-c2ccc(Cl)cc2)no1)NCC1(c2cccc(F)c2)CC1.I. The molecule has 0 bridgehead atoms. The Morgan fingerprint density at radius 2 is 1.97 bits per heavy atom. The van der Waals surface area contributed by atoms with Gasteiger partial charge in [-0.1, -0.05) is 28.9 Å². The minimum Gasteiger partial charge on any atom is -0.356 e. The van der Waals surface area contributed by atoms with Gasteiger partial charge in [-0.05, 0) is 54.8 Å². The molecule has 3 aromatic rings. The standard InChI is InChI=1S/C21H21ClFN5O.HI/c1-24-20(26-13-21(9-10-21)15-3-2-4-17(23)11-15)25-12-18-27-19(28-29-18)14-5-7-16(22)8-6-14;/h2-8,11H,9-10,12-13H2,1H3,(H2,24,25,26);1H. The van der Waals surface area contributed by atoms with Crippen LogP contribution >= 0.6 is 35.6 Å². The molecule has 2 N–H and O–H groups in total. The highest BCUT2D eigenvalue weighted by atomic mass is 127. The molecule has 4 rings (SSSR count). The first-order valence-corrected chi connectivity index (χ1v) is 9.75. The summed E-state index contributed by atoms with van der Waals surface area (Å²) in [5.74, 6) is 1.37. The highest BCUT2D eigenvalue weighted by Gasteiger charge is 2.44. The van der Waals surface area contributed by atoms with Crippen molar-refractivity contribution in [1.29, 1.82) is 0 Å². The maximum absolute atomic E-state index is 13.6. The molecular formula is C21H22ClFIN5O. The van der Waals surface area contributed by atoms with Crippen molar-refractivity contribution in [3.8, 4) is 11.4 Å². The van der Waals surface area contributed by atoms with Crippen LogP contribution in [0.4, 0.5) is 4.39 Å². The van der Waals surface area contributed by atoms with E-state index < -0.39 is 0 Å². The van der Waals surface area contributed by atoms with Crippen LogP contribution in [-0.2, 0) is 12.0 Å². The Hall–Kier alpha value is -2.20. The summed E-state index contributed by atoms with van der Waals surface area (Å²) >= 11 is 5.90. The lowest BCUT2D eigenvalue weighted by molar-refractivity contribution is 0.375. The van der Waals surface area contributed by atoms with E-state index in [0.29, 0.717) is 35.8 Å². The third-order valence-corrected chi connectivity index (χ3v) is 5.34. The summed E-state index contributed by atoms with van der Waals surface area (Å²) in [6.45, 7) is 1.02. The summed E-state index contributed by atoms with van der Waals surface area (Å²) in [6, 6.07) is 14.1. The second kappa shape index (κ2) is 9.74. The van der Waals surface area contributed by atoms with Crippen LogP contribution < -0.4 is 10.6 Å². The van der Waals surface area contributed by atoms with Gasteiger partial charge >= 0.3 is 0 Å². The predicted molar refractivity (Wildman–Crippen MR) is 126 cm³/mol. The fraction of sp³-hybridized carbons (Fsp3) is 0.286. The third kappa shape index (κ3) is 5.28. The van der Waals surface area contributed by atoms with E-state index in [4.69, 9.17) is 16.1 Å². The smallest absolute Gasteiger partial charge is 0.246 e. The summed E-state index contributed by atoms with van der Waals surface area (Å²) in [7, 11) is 1.70. The predicted octanol–water partition coefficient (Wildman–Crippen LogP) is 4.54. The van der Waals surface area contributed by atoms with Gasteiger partial charge in [-0.3, -0.25) is 4.99 Å². The molecule has 0 aliphatic heterocycles. The van der Waals surface area contributed by atoms with E-state index >= 15 is 0 Å². The van der Waals surface area contributed by atoms with Gasteiger partial charge in [-0.2, -0.15) is 4.98 Å². The van der Waals surface area contributed by atoms with E-state index in [1.165, 1.54) is 6.07 Å². The summed E-state index contributed by atoms with van der Waals surface area (Å²) < 4.78 is 18.9. The van der Waals surface area contributed by atoms with Crippen molar-refractivity contribution in [3.05, 3.63) is 70.8 Å². The average molecular weight is 542 g/mol. The van der Waals surface area contributed by atoms with E-state index in [9.17, 15) is 4.39 Å². The molecule has 6 nitrogen and oxygen atoms in total. The molecule has 1 saturated carbocycles. The normalized spacial score (nSPS) is 14.7. The van der Waals surface area contributed by atoms with Gasteiger partial charge in [0.25, 0.3) is 0 Å². The Labute approximate surface area is 196 Å². The molecule has 1 aliphatic carbocycles. The second-order valence-electron chi connectivity index (χ2n) is 7.09. The lowest BCUT2D eigenvalue weighted by Gasteiger charge is -2.18. The Bertz CT molecular complexity index is 1020. The highest BCUT2D eigenvalue weighted by Crippen LogP contribution is 2.47. The van der Waals surface area contributed by atoms with Crippen molar-refractivity contribution in [2.75, 3.05) is 13.6 Å². The molecule has 30 heavy (non-hydrogen) atoms. The molecule has 158 valence electrons. The first-order chi connectivity index (χ1) is 14.1. The molecule has 0 unspecified atom stereocenters. The van der Waals surface area contributed by atoms with Crippen molar-refractivity contribution >= 4 is 41.5 Å². The molecule has 1 aromatic heterocycles. The average Bonchev–Trinajstić information content (AvgIpc) is 3.38. The van der Waals surface area contributed by atoms with E-state index in [-0.39, 0.29) is 35.2 Å². The van der Waals surface area contributed by atoms with Crippen LogP contribution in [0.3, 0.4) is 0 Å². The van der Waals surface area contributed by atoms with Crippen molar-refractivity contribution < 1.29 is 8.91 Å². The van der Waals surface area contributed by atoms with Crippen LogP contribution in [0.25, 0.3) is 11.4 Å². The minimum atomic E-state index is -0.204. The summed E-state index contributed by atoms with van der Waals surface area (Å²) in [5, 5.41) is 11.1. The van der Waals surface area contributed by atoms with Gasteiger partial charge < -0.3 is 15.2 Å². The van der Waals surface area contributed by atoms with E-state index in [2.05, 4.69) is 25.8 Å². The largest absolute Gasteiger partial charge is 0.356 e. The number of rotatable bonds is 6. The summed E-state index contributed by atoms with van der Waals surface area (Å²) in [4.78, 5) is 8.62. The first-order valence-electron chi connectivity index (χ1n) is 9.37. The highest BCUT2D eigenvalue weighted by molar-refractivity contribution is 14.0. The molecule has 0 saturated heterocycles. The Morgan fingerprint density at radius 3 is 2.63 bits per heavy atom. The maximum Gasteiger partial charge on any atom is 0.246 e. The molecule has 1 heterocycles. The molecule has 9 heteroatoms. The Kier molecular flexibility index (Phi) is 7.30. The van der Waals surface area contributed by atoms with Crippen molar-refractivity contribution in [2.45, 2.75) is 24.8 Å². The summed E-state index contributed by atoms with van der Waals surface area (Å²) in [6.07, 6.45) is 2.04. The van der Waals surface area contributed by atoms with Crippen molar-refractivity contribution in [1.82, 2.24) is 20.8 Å². The van der Waals surface area contributed by atoms with Gasteiger partial charge in [-0.25, -0.2) is 4.39 Å². The van der Waals surface area contributed by atoms with E-state index in [0.717, 1.165) is 24.0 Å². The van der Waals surface area contributed by atoms with E-state index in [1.807, 2.05) is 18.2 Å². The lowest BCUT2D eigenvalue weighted by atomic mass is 9.96. The Balaban J connectivity index is 0.00000256. The molecule has 1 aliphatic rings. The molecule has 0 amide bonds. The van der Waals surface area contributed by atoms with Crippen LogP contribution in [0.5, 0.6) is 0 Å². The number of nitrogens with one attached hydrogen (secondary N) is 2. The van der Waals surface area contributed by atoms with Gasteiger partial charge in [0, 0.05) is 29.6 Å². The van der Waals surface area contributed by atoms with Crippen LogP contribution in [0.1, 0.15) is 24.3 Å². The fourth-order valence-electron chi connectivity index (χ4n) is 3.21. The first kappa shape index (κ1) is 22.5. The quantitative estimate of drug-likeness (QED) is 0.272. The van der Waals surface area contributed by atoms with Crippen LogP contribution in [0.15, 0.2) is 58.0 Å². The molecular weight excluding hydrogens is 520 g/mol. The number of benzene rings is 2. The van der Waals surface area contributed by atoms with Gasteiger partial charge in [0.05, 0.1) is 6.54 Å². The van der Waals surface area contributed by atoms with Gasteiger partial charge in [0.2, 0.25) is 11.7 Å². The summed E-state index contributed by atoms with van der Waals surface area (Å²) in [5.41, 5.74) is 1.81. The molecule has 2 aromatic carbocycles. The number of guanidine groups is 1. The monoisotopic (exact) mass is 541 g/mol. The van der Waals surface area contributed by atoms with Crippen molar-refractivity contribution in [2.24, 2.45) is 4.99 Å². The van der Waals surface area contributed by atoms with Gasteiger partial charge in [0.15, 0.2) is 5.96 Å². The topological polar surface area (TPSA) is 75.3 Å². The zero-order valence-electron chi connectivity index (χ0n) is 16.4. The molecule has 0 spiro atoms. The minimum absolute atomic E-state index is 0. The van der Waals surface area contributed by atoms with Crippen LogP contribution in [0.2, 0.25) is 5.02 Å². The third-order valence-electron chi connectivity index (χ3n) is 5.09. The van der Waals surface area contributed by atoms with Crippen LogP contribution in [-0.4, -0.2) is 29.7 Å². The zero-order valence-corrected chi connectivity index (χ0v) is 19.4. The Morgan fingerprint density at radius 1 is 1.20 bits per heavy atom. The maximum atomic E-state index is 13.6. The molecule has 1 fully saturated rings. The number of hydrogen-bond acceptors (Lipinski definition) is 4. The number of halogens is 3. The van der Waals surface area contributed by atoms with Gasteiger partial charge in [0.1, 0.15) is 5.82 Å². The van der Waals surface area contributed by atoms with Crippen LogP contribution in [0, 0.1) is 5.82 Å². The zero-order chi connectivity index (χ0) is 20.3. The number of hydrogen-bond donors (Lipinski definition) is 2. The number of nitrogens with zero attached hydrogens (tertiary/aromatic N) is 3. The second-order valence-corrected chi connectivity index (χ2v) is 7.53. The number of aromatic nitrogens is 2. The molecule has 0 radical (unpaired) electrons. The van der Waals surface area contributed by atoms with Crippen molar-refractivity contribution in [3.63, 3.8) is 0 Å². The number of aliphatic imine (C=N–C) groups is 1. The van der Waals surface area contributed by atoms with Gasteiger partial charge in [-0.15, -0.1) is 24.0 Å². The lowest BCUT2D eigenvalue weighted by Crippen LogP contribution is -2.41.